The number of nitrogens with zero attached hydrogens (tertiary/aromatic N) is 3. The van der Waals surface area contributed by atoms with Crippen molar-refractivity contribution in [1.29, 1.82) is 0 Å². The van der Waals surface area contributed by atoms with E-state index in [0.29, 0.717) is 19.0 Å². The number of guanidine groups is 1. The number of hydrogen-bond donors (Lipinski definition) is 1. The molecule has 1 aliphatic heterocycles. The van der Waals surface area contributed by atoms with Gasteiger partial charge in [-0.15, -0.1) is 0 Å². The first-order chi connectivity index (χ1) is 13.2. The van der Waals surface area contributed by atoms with Gasteiger partial charge in [0.05, 0.1) is 26.2 Å². The Hall–Kier alpha value is -2.31. The largest absolute Gasteiger partial charge is 0.477 e. The molecule has 7 heteroatoms. The van der Waals surface area contributed by atoms with Gasteiger partial charge in [-0.3, -0.25) is 4.79 Å². The molecule has 0 radical (unpaired) electrons. The number of piperidine rings is 1. The third-order valence-corrected chi connectivity index (χ3v) is 4.65. The Kier molecular flexibility index (Phi) is 8.87. The second-order valence-electron chi connectivity index (χ2n) is 6.62. The van der Waals surface area contributed by atoms with Gasteiger partial charge in [0, 0.05) is 31.4 Å². The summed E-state index contributed by atoms with van der Waals surface area (Å²) in [5, 5.41) is 3.35. The van der Waals surface area contributed by atoms with E-state index in [1.165, 1.54) is 7.11 Å². The zero-order valence-electron chi connectivity index (χ0n) is 16.7. The first-order valence-electron chi connectivity index (χ1n) is 9.87. The molecule has 0 unspecified atom stereocenters. The number of methoxy groups -OCH3 is 1. The number of esters is 1. The lowest BCUT2D eigenvalue weighted by Gasteiger charge is -2.33. The maximum Gasteiger partial charge on any atom is 0.308 e. The average molecular weight is 377 g/mol. The van der Waals surface area contributed by atoms with E-state index in [1.54, 1.807) is 6.20 Å². The van der Waals surface area contributed by atoms with Crippen molar-refractivity contribution in [3.05, 3.63) is 23.9 Å². The van der Waals surface area contributed by atoms with Crippen LogP contribution in [0.2, 0.25) is 0 Å². The van der Waals surface area contributed by atoms with E-state index in [2.05, 4.69) is 29.0 Å². The monoisotopic (exact) mass is 376 g/mol. The summed E-state index contributed by atoms with van der Waals surface area (Å²) >= 11 is 0. The molecule has 1 fully saturated rings. The normalized spacial score (nSPS) is 15.5. The second kappa shape index (κ2) is 11.4. The molecular weight excluding hydrogens is 344 g/mol. The second-order valence-corrected chi connectivity index (χ2v) is 6.62. The number of hydrogen-bond acceptors (Lipinski definition) is 5. The van der Waals surface area contributed by atoms with Crippen molar-refractivity contribution in [3.63, 3.8) is 0 Å². The maximum absolute atomic E-state index is 11.7. The number of aliphatic imine (C=N–C) groups is 1. The lowest BCUT2D eigenvalue weighted by atomic mass is 9.97. The highest BCUT2D eigenvalue weighted by atomic mass is 16.5. The van der Waals surface area contributed by atoms with Crippen LogP contribution >= 0.6 is 0 Å². The van der Waals surface area contributed by atoms with Crippen LogP contribution in [0, 0.1) is 5.92 Å². The number of rotatable bonds is 8. The highest BCUT2D eigenvalue weighted by Gasteiger charge is 2.27. The van der Waals surface area contributed by atoms with E-state index in [4.69, 9.17) is 14.5 Å². The molecule has 0 aliphatic carbocycles. The highest BCUT2D eigenvalue weighted by molar-refractivity contribution is 5.80. The lowest BCUT2D eigenvalue weighted by molar-refractivity contribution is -0.146. The van der Waals surface area contributed by atoms with Gasteiger partial charge in [0.15, 0.2) is 5.96 Å². The highest BCUT2D eigenvalue weighted by Crippen LogP contribution is 2.20. The molecule has 2 rings (SSSR count). The molecule has 150 valence electrons. The van der Waals surface area contributed by atoms with Crippen molar-refractivity contribution in [2.75, 3.05) is 33.4 Å². The number of carbonyl (C=O) groups is 1. The fourth-order valence-electron chi connectivity index (χ4n) is 3.07. The van der Waals surface area contributed by atoms with Crippen LogP contribution in [0.25, 0.3) is 0 Å². The minimum absolute atomic E-state index is 0.00832. The summed E-state index contributed by atoms with van der Waals surface area (Å²) in [7, 11) is 1.45. The van der Waals surface area contributed by atoms with Gasteiger partial charge in [0.2, 0.25) is 5.88 Å². The van der Waals surface area contributed by atoms with E-state index in [0.717, 1.165) is 56.8 Å². The van der Waals surface area contributed by atoms with Crippen LogP contribution in [0.5, 0.6) is 5.88 Å². The third-order valence-electron chi connectivity index (χ3n) is 4.65. The van der Waals surface area contributed by atoms with Crippen molar-refractivity contribution in [2.45, 2.75) is 46.1 Å². The Labute approximate surface area is 162 Å². The Morgan fingerprint density at radius 1 is 1.37 bits per heavy atom. The Bertz CT molecular complexity index is 613. The third kappa shape index (κ3) is 6.41. The smallest absolute Gasteiger partial charge is 0.308 e. The van der Waals surface area contributed by atoms with E-state index >= 15 is 0 Å². The minimum Gasteiger partial charge on any atom is -0.477 e. The molecule has 0 bridgehead atoms. The maximum atomic E-state index is 11.7. The van der Waals surface area contributed by atoms with Gasteiger partial charge in [-0.25, -0.2) is 9.98 Å². The van der Waals surface area contributed by atoms with E-state index in [9.17, 15) is 4.79 Å². The summed E-state index contributed by atoms with van der Waals surface area (Å²) in [5.74, 6) is 1.41. The zero-order chi connectivity index (χ0) is 19.5. The number of unbranched alkanes of at least 4 members (excludes halogenated alkanes) is 1. The van der Waals surface area contributed by atoms with Crippen molar-refractivity contribution in [2.24, 2.45) is 10.9 Å². The lowest BCUT2D eigenvalue weighted by Crippen LogP contribution is -2.46. The molecule has 0 atom stereocenters. The van der Waals surface area contributed by atoms with Crippen molar-refractivity contribution < 1.29 is 14.3 Å². The van der Waals surface area contributed by atoms with E-state index < -0.39 is 0 Å². The number of carbonyl (C=O) groups excluding carboxylic acids is 1. The van der Waals surface area contributed by atoms with E-state index in [-0.39, 0.29) is 11.9 Å². The van der Waals surface area contributed by atoms with Gasteiger partial charge in [-0.2, -0.15) is 0 Å². The number of ether oxygens (including phenoxy) is 2. The summed E-state index contributed by atoms with van der Waals surface area (Å²) in [6, 6.07) is 3.91. The SMILES string of the molecule is CCCCOc1ncccc1CN=C(NCC)N1CCC(C(=O)OC)CC1. The summed E-state index contributed by atoms with van der Waals surface area (Å²) in [5.41, 5.74) is 0.980. The van der Waals surface area contributed by atoms with Gasteiger partial charge in [-0.05, 0) is 32.3 Å². The summed E-state index contributed by atoms with van der Waals surface area (Å²) in [4.78, 5) is 23.1. The summed E-state index contributed by atoms with van der Waals surface area (Å²) < 4.78 is 10.7. The molecule has 7 nitrogen and oxygen atoms in total. The topological polar surface area (TPSA) is 76.1 Å². The van der Waals surface area contributed by atoms with E-state index in [1.807, 2.05) is 12.1 Å². The predicted octanol–water partition coefficient (Wildman–Crippen LogP) is 2.61. The first-order valence-corrected chi connectivity index (χ1v) is 9.87. The van der Waals surface area contributed by atoms with Crippen molar-refractivity contribution in [1.82, 2.24) is 15.2 Å². The Morgan fingerprint density at radius 2 is 2.15 bits per heavy atom. The molecule has 1 aliphatic rings. The molecule has 1 N–H and O–H groups in total. The number of aromatic nitrogens is 1. The van der Waals surface area contributed by atoms with Crippen LogP contribution < -0.4 is 10.1 Å². The Balaban J connectivity index is 2.01. The molecule has 0 saturated carbocycles. The van der Waals surface area contributed by atoms with Crippen LogP contribution in [0.4, 0.5) is 0 Å². The van der Waals surface area contributed by atoms with Crippen molar-refractivity contribution in [3.8, 4) is 5.88 Å². The minimum atomic E-state index is -0.110. The standard InChI is InChI=1S/C20H32N4O3/c1-4-6-14-27-18-17(8-7-11-22-18)15-23-20(21-5-2)24-12-9-16(10-13-24)19(25)26-3/h7-8,11,16H,4-6,9-10,12-15H2,1-3H3,(H,21,23). The van der Waals surface area contributed by atoms with Crippen LogP contribution in [0.1, 0.15) is 45.1 Å². The van der Waals surface area contributed by atoms with Gasteiger partial charge in [0.25, 0.3) is 0 Å². The molecule has 1 saturated heterocycles. The quantitative estimate of drug-likeness (QED) is 0.325. The van der Waals surface area contributed by atoms with Crippen molar-refractivity contribution >= 4 is 11.9 Å². The number of nitrogens with one attached hydrogen (secondary N) is 1. The van der Waals surface area contributed by atoms with Crippen LogP contribution in [0.15, 0.2) is 23.3 Å². The first kappa shape index (κ1) is 21.0. The van der Waals surface area contributed by atoms with Gasteiger partial charge >= 0.3 is 5.97 Å². The molecule has 0 aromatic carbocycles. The fraction of sp³-hybridized carbons (Fsp3) is 0.650. The van der Waals surface area contributed by atoms with Gasteiger partial charge in [-0.1, -0.05) is 19.4 Å². The molecule has 0 amide bonds. The predicted molar refractivity (Wildman–Crippen MR) is 106 cm³/mol. The fourth-order valence-corrected chi connectivity index (χ4v) is 3.07. The number of pyridine rings is 1. The molecule has 27 heavy (non-hydrogen) atoms. The average Bonchev–Trinajstić information content (AvgIpc) is 2.71. The van der Waals surface area contributed by atoms with Crippen LogP contribution in [0.3, 0.4) is 0 Å². The number of likely N-dealkylation sites (tertiary alicyclic amines) is 1. The molecule has 1 aromatic rings. The zero-order valence-corrected chi connectivity index (χ0v) is 16.7. The summed E-state index contributed by atoms with van der Waals surface area (Å²) in [6.45, 7) is 7.75. The summed E-state index contributed by atoms with van der Waals surface area (Å²) in [6.07, 6.45) is 5.42. The van der Waals surface area contributed by atoms with Gasteiger partial charge in [0.1, 0.15) is 0 Å². The molecule has 1 aromatic heterocycles. The molecule has 0 spiro atoms. The molecular formula is C20H32N4O3. The molecule has 2 heterocycles. The van der Waals surface area contributed by atoms with Crippen LogP contribution in [-0.2, 0) is 16.1 Å². The Morgan fingerprint density at radius 3 is 2.81 bits per heavy atom. The van der Waals surface area contributed by atoms with Crippen LogP contribution in [-0.4, -0.2) is 55.2 Å². The van der Waals surface area contributed by atoms with Gasteiger partial charge < -0.3 is 19.7 Å².